The second-order valence-electron chi connectivity index (χ2n) is 8.88. The van der Waals surface area contributed by atoms with Crippen LogP contribution >= 0.6 is 11.3 Å². The Balaban J connectivity index is 1.66. The van der Waals surface area contributed by atoms with Gasteiger partial charge in [0.15, 0.2) is 0 Å². The molecule has 0 unspecified atom stereocenters. The highest BCUT2D eigenvalue weighted by atomic mass is 32.1. The van der Waals surface area contributed by atoms with Crippen molar-refractivity contribution in [3.05, 3.63) is 104 Å². The molecule has 0 radical (unpaired) electrons. The van der Waals surface area contributed by atoms with Gasteiger partial charge < -0.3 is 4.52 Å². The smallest absolute Gasteiger partial charge is 0.262 e. The first kappa shape index (κ1) is 23.9. The molecule has 7 heteroatoms. The molecule has 182 valence electrons. The van der Waals surface area contributed by atoms with E-state index in [1.165, 1.54) is 12.1 Å². The van der Waals surface area contributed by atoms with E-state index >= 15 is 0 Å². The van der Waals surface area contributed by atoms with E-state index in [1.807, 2.05) is 64.1 Å². The van der Waals surface area contributed by atoms with Crippen LogP contribution in [0.25, 0.3) is 33.0 Å². The quantitative estimate of drug-likeness (QED) is 0.255. The maximum atomic E-state index is 14.1. The molecule has 0 saturated heterocycles. The summed E-state index contributed by atoms with van der Waals surface area (Å²) in [7, 11) is 0. The summed E-state index contributed by atoms with van der Waals surface area (Å²) >= 11 is 1.56. The highest BCUT2D eigenvalue weighted by molar-refractivity contribution is 7.16. The zero-order valence-corrected chi connectivity index (χ0v) is 21.4. The van der Waals surface area contributed by atoms with Crippen LogP contribution in [0, 0.1) is 33.5 Å². The summed E-state index contributed by atoms with van der Waals surface area (Å²) in [4.78, 5) is 20.8. The van der Waals surface area contributed by atoms with Crippen LogP contribution in [-0.2, 0) is 13.0 Å². The molecule has 0 aliphatic heterocycles. The second kappa shape index (κ2) is 9.66. The summed E-state index contributed by atoms with van der Waals surface area (Å²) in [5.41, 5.74) is 5.52. The van der Waals surface area contributed by atoms with Crippen molar-refractivity contribution in [1.82, 2.24) is 14.7 Å². The Bertz CT molecular complexity index is 1600. The number of benzene rings is 2. The van der Waals surface area contributed by atoms with Gasteiger partial charge in [-0.3, -0.25) is 9.36 Å². The molecule has 0 N–H and O–H groups in total. The predicted octanol–water partition coefficient (Wildman–Crippen LogP) is 6.91. The number of rotatable bonds is 6. The first-order valence-corrected chi connectivity index (χ1v) is 12.6. The first-order chi connectivity index (χ1) is 17.3. The Labute approximate surface area is 212 Å². The highest BCUT2D eigenvalue weighted by Gasteiger charge is 2.22. The van der Waals surface area contributed by atoms with Crippen LogP contribution in [0.2, 0.25) is 0 Å². The number of nitrogens with zero attached hydrogens (tertiary/aromatic N) is 3. The first-order valence-electron chi connectivity index (χ1n) is 11.8. The third kappa shape index (κ3) is 4.42. The van der Waals surface area contributed by atoms with Gasteiger partial charge in [-0.2, -0.15) is 0 Å². The van der Waals surface area contributed by atoms with E-state index in [0.29, 0.717) is 35.6 Å². The van der Waals surface area contributed by atoms with Gasteiger partial charge >= 0.3 is 0 Å². The van der Waals surface area contributed by atoms with Crippen molar-refractivity contribution in [2.45, 2.75) is 40.7 Å². The fourth-order valence-corrected chi connectivity index (χ4v) is 5.72. The molecule has 5 aromatic rings. The summed E-state index contributed by atoms with van der Waals surface area (Å²) in [6.07, 6.45) is 0.654. The number of aromatic nitrogens is 3. The Hall–Kier alpha value is -3.84. The number of halogens is 1. The van der Waals surface area contributed by atoms with Crippen molar-refractivity contribution in [3.63, 3.8) is 0 Å². The zero-order chi connectivity index (χ0) is 25.4. The predicted molar refractivity (Wildman–Crippen MR) is 142 cm³/mol. The van der Waals surface area contributed by atoms with Gasteiger partial charge in [0, 0.05) is 33.0 Å². The van der Waals surface area contributed by atoms with Crippen LogP contribution in [0.1, 0.15) is 27.6 Å². The van der Waals surface area contributed by atoms with E-state index in [0.717, 1.165) is 37.9 Å². The molecule has 3 heterocycles. The van der Waals surface area contributed by atoms with E-state index in [-0.39, 0.29) is 11.4 Å². The van der Waals surface area contributed by atoms with Crippen molar-refractivity contribution >= 4 is 11.3 Å². The molecule has 0 amide bonds. The maximum absolute atomic E-state index is 14.1. The minimum Gasteiger partial charge on any atom is -0.361 e. The van der Waals surface area contributed by atoms with Gasteiger partial charge in [0.2, 0.25) is 0 Å². The van der Waals surface area contributed by atoms with Crippen LogP contribution in [-0.4, -0.2) is 14.7 Å². The molecule has 0 atom stereocenters. The lowest BCUT2D eigenvalue weighted by Gasteiger charge is -2.16. The Kier molecular flexibility index (Phi) is 6.41. The van der Waals surface area contributed by atoms with Gasteiger partial charge in [0.05, 0.1) is 17.0 Å². The van der Waals surface area contributed by atoms with Crippen molar-refractivity contribution in [2.24, 2.45) is 0 Å². The molecule has 0 aliphatic carbocycles. The fourth-order valence-electron chi connectivity index (χ4n) is 4.61. The van der Waals surface area contributed by atoms with Crippen LogP contribution in [0.15, 0.2) is 70.0 Å². The van der Waals surface area contributed by atoms with Gasteiger partial charge in [-0.1, -0.05) is 47.6 Å². The standard InChI is InChI=1S/C29H26FN3O2S/c1-17-27(25-16-24(20(4)36-25)26-18(2)32-35-19(26)3)29(34)33(14-13-21-9-6-5-7-10-21)28(31-17)22-11-8-12-23(30)15-22/h5-12,15-16H,13-14H2,1-4H3. The number of aryl methyl sites for hydroxylation is 5. The SMILES string of the molecule is Cc1noc(C)c1-c1cc(-c2c(C)nc(-c3cccc(F)c3)n(CCc3ccccc3)c2=O)sc1C. The molecule has 36 heavy (non-hydrogen) atoms. The molecule has 3 aromatic heterocycles. The highest BCUT2D eigenvalue weighted by Crippen LogP contribution is 2.39. The molecule has 0 saturated carbocycles. The van der Waals surface area contributed by atoms with Crippen molar-refractivity contribution in [1.29, 1.82) is 0 Å². The lowest BCUT2D eigenvalue weighted by molar-refractivity contribution is 0.393. The molecule has 0 aliphatic rings. The van der Waals surface area contributed by atoms with Crippen molar-refractivity contribution in [3.8, 4) is 33.0 Å². The molecule has 0 spiro atoms. The zero-order valence-electron chi connectivity index (χ0n) is 20.6. The molecule has 0 fully saturated rings. The summed E-state index contributed by atoms with van der Waals surface area (Å²) in [6, 6.07) is 18.3. The number of hydrogen-bond acceptors (Lipinski definition) is 5. The lowest BCUT2D eigenvalue weighted by Crippen LogP contribution is -2.27. The fraction of sp³-hybridized carbons (Fsp3) is 0.207. The van der Waals surface area contributed by atoms with Crippen LogP contribution in [0.5, 0.6) is 0 Å². The maximum Gasteiger partial charge on any atom is 0.262 e. The summed E-state index contributed by atoms with van der Waals surface area (Å²) in [5, 5.41) is 4.09. The Morgan fingerprint density at radius 2 is 1.72 bits per heavy atom. The van der Waals surface area contributed by atoms with Gasteiger partial charge in [-0.25, -0.2) is 9.37 Å². The average molecular weight is 500 g/mol. The van der Waals surface area contributed by atoms with Crippen molar-refractivity contribution in [2.75, 3.05) is 0 Å². The van der Waals surface area contributed by atoms with E-state index in [2.05, 4.69) is 5.16 Å². The molecule has 5 nitrogen and oxygen atoms in total. The molecule has 5 rings (SSSR count). The second-order valence-corrected chi connectivity index (χ2v) is 10.1. The van der Waals surface area contributed by atoms with E-state index in [1.54, 1.807) is 28.0 Å². The van der Waals surface area contributed by atoms with Gasteiger partial charge in [0.25, 0.3) is 5.56 Å². The minimum atomic E-state index is -0.365. The molecular formula is C29H26FN3O2S. The van der Waals surface area contributed by atoms with Crippen LogP contribution in [0.4, 0.5) is 4.39 Å². The number of thiophene rings is 1. The van der Waals surface area contributed by atoms with Crippen LogP contribution in [0.3, 0.4) is 0 Å². The van der Waals surface area contributed by atoms with E-state index in [4.69, 9.17) is 9.51 Å². The van der Waals surface area contributed by atoms with Gasteiger partial charge in [-0.15, -0.1) is 11.3 Å². The van der Waals surface area contributed by atoms with Crippen LogP contribution < -0.4 is 5.56 Å². The van der Waals surface area contributed by atoms with Gasteiger partial charge in [-0.05, 0) is 57.9 Å². The average Bonchev–Trinajstić information content (AvgIpc) is 3.39. The minimum absolute atomic E-state index is 0.135. The Morgan fingerprint density at radius 1 is 0.944 bits per heavy atom. The third-order valence-electron chi connectivity index (χ3n) is 6.37. The molecule has 2 aromatic carbocycles. The van der Waals surface area contributed by atoms with Gasteiger partial charge in [0.1, 0.15) is 17.4 Å². The van der Waals surface area contributed by atoms with E-state index < -0.39 is 0 Å². The summed E-state index contributed by atoms with van der Waals surface area (Å²) in [6.45, 7) is 8.11. The third-order valence-corrected chi connectivity index (χ3v) is 7.43. The Morgan fingerprint density at radius 3 is 2.42 bits per heavy atom. The topological polar surface area (TPSA) is 60.9 Å². The summed E-state index contributed by atoms with van der Waals surface area (Å²) in [5.74, 6) is 0.850. The molecular weight excluding hydrogens is 473 g/mol. The number of hydrogen-bond donors (Lipinski definition) is 0. The monoisotopic (exact) mass is 499 g/mol. The summed E-state index contributed by atoms with van der Waals surface area (Å²) < 4.78 is 21.2. The van der Waals surface area contributed by atoms with E-state index in [9.17, 15) is 9.18 Å². The lowest BCUT2D eigenvalue weighted by atomic mass is 10.0. The molecule has 0 bridgehead atoms. The largest absolute Gasteiger partial charge is 0.361 e. The normalized spacial score (nSPS) is 11.2. The van der Waals surface area contributed by atoms with Crippen molar-refractivity contribution < 1.29 is 8.91 Å².